The summed E-state index contributed by atoms with van der Waals surface area (Å²) in [5.74, 6) is -0.928. The first-order valence-electron chi connectivity index (χ1n) is 4.67. The number of hydrogen-bond donors (Lipinski definition) is 1. The number of nitrogens with one attached hydrogen (secondary N) is 1. The molecule has 1 N–H and O–H groups in total. The van der Waals surface area contributed by atoms with Gasteiger partial charge in [0, 0.05) is 11.9 Å². The van der Waals surface area contributed by atoms with E-state index >= 15 is 0 Å². The van der Waals surface area contributed by atoms with Crippen LogP contribution in [0.2, 0.25) is 0 Å². The van der Waals surface area contributed by atoms with Crippen molar-refractivity contribution in [2.45, 2.75) is 0 Å². The minimum Gasteiger partial charge on any atom is -0.868 e. The average Bonchev–Trinajstić information content (AvgIpc) is 3.09. The average molecular weight is 265 g/mol. The third-order valence-corrected chi connectivity index (χ3v) is 1.40. The van der Waals surface area contributed by atoms with Crippen molar-refractivity contribution in [2.75, 3.05) is 0 Å². The van der Waals surface area contributed by atoms with Gasteiger partial charge in [-0.25, -0.2) is 0 Å². The van der Waals surface area contributed by atoms with Crippen LogP contribution >= 0.6 is 0 Å². The molecular formula is C9H7N5O5-2. The van der Waals surface area contributed by atoms with Crippen molar-refractivity contribution in [3.05, 3.63) is 47.5 Å². The zero-order chi connectivity index (χ0) is 13.9. The fourth-order valence-corrected chi connectivity index (χ4v) is 0.673. The SMILES string of the molecule is O=c1ccocc1[O-].[O-]c1ccon1.c1nn[nH]n1. The van der Waals surface area contributed by atoms with Gasteiger partial charge in [0.15, 0.2) is 11.8 Å². The molecule has 3 aromatic rings. The standard InChI is InChI=1S/C5H4O3.C3H3NO2.CH2N4/c6-4-1-2-8-3-5(4)7;5-3-1-2-6-4-3;1-2-4-5-3-1/h1-3,7H;1-2H,(H,4,5);1H,(H,2,3,4,5)/p-2. The Morgan fingerprint density at radius 3 is 2.32 bits per heavy atom. The van der Waals surface area contributed by atoms with Gasteiger partial charge in [-0.1, -0.05) is 10.4 Å². The lowest BCUT2D eigenvalue weighted by Crippen LogP contribution is -2.05. The molecule has 100 valence electrons. The summed E-state index contributed by atoms with van der Waals surface area (Å²) in [5.41, 5.74) is -0.531. The molecular weight excluding hydrogens is 258 g/mol. The third-order valence-electron chi connectivity index (χ3n) is 1.40. The monoisotopic (exact) mass is 265 g/mol. The second-order valence-electron chi connectivity index (χ2n) is 2.68. The fraction of sp³-hybridized carbons (Fsp3) is 0. The van der Waals surface area contributed by atoms with Gasteiger partial charge < -0.3 is 19.2 Å². The maximum absolute atomic E-state index is 10.2. The van der Waals surface area contributed by atoms with Gasteiger partial charge >= 0.3 is 0 Å². The van der Waals surface area contributed by atoms with E-state index in [0.29, 0.717) is 0 Å². The number of H-pyrrole nitrogens is 1. The molecule has 3 heterocycles. The highest BCUT2D eigenvalue weighted by Gasteiger charge is 1.79. The van der Waals surface area contributed by atoms with Crippen LogP contribution in [0.3, 0.4) is 0 Å². The number of hydrogen-bond acceptors (Lipinski definition) is 9. The van der Waals surface area contributed by atoms with E-state index in [1.165, 1.54) is 24.9 Å². The first-order valence-corrected chi connectivity index (χ1v) is 4.67. The fourth-order valence-electron chi connectivity index (χ4n) is 0.673. The zero-order valence-electron chi connectivity index (χ0n) is 9.29. The first-order chi connectivity index (χ1) is 9.20. The molecule has 3 rings (SSSR count). The van der Waals surface area contributed by atoms with Crippen molar-refractivity contribution < 1.29 is 19.2 Å². The maximum atomic E-state index is 10.2. The van der Waals surface area contributed by atoms with Gasteiger partial charge in [-0.3, -0.25) is 4.79 Å². The number of aromatic amines is 1. The molecule has 0 amide bonds. The van der Waals surface area contributed by atoms with Gasteiger partial charge in [0.25, 0.3) is 0 Å². The van der Waals surface area contributed by atoms with Crippen LogP contribution in [0.15, 0.2) is 51.0 Å². The maximum Gasteiger partial charge on any atom is 0.177 e. The molecule has 10 nitrogen and oxygen atoms in total. The molecule has 3 aromatic heterocycles. The zero-order valence-corrected chi connectivity index (χ0v) is 9.29. The third kappa shape index (κ3) is 6.21. The Hall–Kier alpha value is -3.17. The van der Waals surface area contributed by atoms with Crippen molar-refractivity contribution in [3.63, 3.8) is 0 Å². The lowest BCUT2D eigenvalue weighted by molar-refractivity contribution is -0.277. The minimum atomic E-state index is -0.604. The molecule has 0 radical (unpaired) electrons. The molecule has 0 aliphatic carbocycles. The minimum absolute atomic E-state index is 0.324. The van der Waals surface area contributed by atoms with Crippen molar-refractivity contribution in [1.82, 2.24) is 25.8 Å². The highest BCUT2D eigenvalue weighted by Crippen LogP contribution is 1.92. The van der Waals surface area contributed by atoms with E-state index in [-0.39, 0.29) is 5.88 Å². The largest absolute Gasteiger partial charge is 0.868 e. The normalized spacial score (nSPS) is 8.63. The topological polar surface area (TPSA) is 157 Å². The summed E-state index contributed by atoms with van der Waals surface area (Å²) in [6.07, 6.45) is 4.62. The Bertz CT molecular complexity index is 574. The van der Waals surface area contributed by atoms with E-state index in [1.54, 1.807) is 0 Å². The van der Waals surface area contributed by atoms with Gasteiger partial charge in [0.05, 0.1) is 12.5 Å². The molecule has 0 fully saturated rings. The molecule has 0 saturated heterocycles. The molecule has 0 spiro atoms. The van der Waals surface area contributed by atoms with E-state index in [0.717, 1.165) is 12.3 Å². The summed E-state index contributed by atoms with van der Waals surface area (Å²) in [6, 6.07) is 2.34. The number of rotatable bonds is 0. The van der Waals surface area contributed by atoms with Crippen LogP contribution in [-0.2, 0) is 0 Å². The van der Waals surface area contributed by atoms with Crippen LogP contribution in [0.4, 0.5) is 0 Å². The van der Waals surface area contributed by atoms with Gasteiger partial charge in [-0.2, -0.15) is 5.21 Å². The van der Waals surface area contributed by atoms with E-state index in [1.807, 2.05) is 0 Å². The molecule has 0 bridgehead atoms. The Labute approximate surface area is 105 Å². The quantitative estimate of drug-likeness (QED) is 0.519. The summed E-state index contributed by atoms with van der Waals surface area (Å²) >= 11 is 0. The number of nitrogens with zero attached hydrogens (tertiary/aromatic N) is 4. The Morgan fingerprint density at radius 2 is 2.05 bits per heavy atom. The van der Waals surface area contributed by atoms with Gasteiger partial charge in [-0.05, 0) is 11.8 Å². The van der Waals surface area contributed by atoms with Crippen molar-refractivity contribution >= 4 is 0 Å². The van der Waals surface area contributed by atoms with E-state index < -0.39 is 11.2 Å². The Kier molecular flexibility index (Phi) is 5.85. The summed E-state index contributed by atoms with van der Waals surface area (Å²) in [4.78, 5) is 10.2. The summed E-state index contributed by atoms with van der Waals surface area (Å²) in [5, 5.41) is 35.2. The van der Waals surface area contributed by atoms with Crippen LogP contribution < -0.4 is 15.6 Å². The molecule has 0 unspecified atom stereocenters. The molecule has 0 aliphatic heterocycles. The molecule has 19 heavy (non-hydrogen) atoms. The highest BCUT2D eigenvalue weighted by molar-refractivity contribution is 5.09. The molecule has 0 atom stereocenters. The number of aromatic nitrogens is 5. The Balaban J connectivity index is 0.000000147. The summed E-state index contributed by atoms with van der Waals surface area (Å²) in [6.45, 7) is 0. The van der Waals surface area contributed by atoms with E-state index in [2.05, 4.69) is 34.7 Å². The molecule has 0 aromatic carbocycles. The van der Waals surface area contributed by atoms with Crippen molar-refractivity contribution in [1.29, 1.82) is 0 Å². The molecule has 0 saturated carbocycles. The molecule has 10 heteroatoms. The van der Waals surface area contributed by atoms with E-state index in [9.17, 15) is 15.0 Å². The van der Waals surface area contributed by atoms with Gasteiger partial charge in [0.2, 0.25) is 0 Å². The number of tetrazole rings is 1. The van der Waals surface area contributed by atoms with Gasteiger partial charge in [0.1, 0.15) is 6.26 Å². The summed E-state index contributed by atoms with van der Waals surface area (Å²) < 4.78 is 8.53. The van der Waals surface area contributed by atoms with Crippen LogP contribution in [0.5, 0.6) is 11.6 Å². The van der Waals surface area contributed by atoms with Gasteiger partial charge in [-0.15, -0.1) is 10.2 Å². The highest BCUT2D eigenvalue weighted by atomic mass is 16.5. The smallest absolute Gasteiger partial charge is 0.177 e. The predicted molar refractivity (Wildman–Crippen MR) is 54.6 cm³/mol. The van der Waals surface area contributed by atoms with Crippen LogP contribution in [0, 0.1) is 0 Å². The van der Waals surface area contributed by atoms with E-state index in [4.69, 9.17) is 0 Å². The Morgan fingerprint density at radius 1 is 1.21 bits per heavy atom. The van der Waals surface area contributed by atoms with Crippen LogP contribution in [-0.4, -0.2) is 25.8 Å². The lowest BCUT2D eigenvalue weighted by atomic mass is 10.5. The first kappa shape index (κ1) is 13.9. The second-order valence-corrected chi connectivity index (χ2v) is 2.68. The lowest BCUT2D eigenvalue weighted by Gasteiger charge is -1.96. The predicted octanol–water partition coefficient (Wildman–Crippen LogP) is -1.34. The van der Waals surface area contributed by atoms with Crippen LogP contribution in [0.1, 0.15) is 0 Å². The van der Waals surface area contributed by atoms with Crippen LogP contribution in [0.25, 0.3) is 0 Å². The van der Waals surface area contributed by atoms with Crippen molar-refractivity contribution in [2.24, 2.45) is 0 Å². The summed E-state index contributed by atoms with van der Waals surface area (Å²) in [7, 11) is 0. The van der Waals surface area contributed by atoms with Crippen molar-refractivity contribution in [3.8, 4) is 11.6 Å². The second kappa shape index (κ2) is 8.00. The molecule has 0 aliphatic rings.